The van der Waals surface area contributed by atoms with Crippen LogP contribution in [0, 0.1) is 17.1 Å². The first-order chi connectivity index (χ1) is 9.17. The maximum atomic E-state index is 13.5. The van der Waals surface area contributed by atoms with Gasteiger partial charge >= 0.3 is 0 Å². The number of nitrogens with zero attached hydrogens (tertiary/aromatic N) is 2. The van der Waals surface area contributed by atoms with E-state index in [-0.39, 0.29) is 5.82 Å². The summed E-state index contributed by atoms with van der Waals surface area (Å²) >= 11 is 1.55. The molecule has 1 aromatic heterocycles. The molecular weight excluding hydrogens is 259 g/mol. The predicted octanol–water partition coefficient (Wildman–Crippen LogP) is 4.06. The Morgan fingerprint density at radius 1 is 1.21 bits per heavy atom. The molecule has 0 bridgehead atoms. The van der Waals surface area contributed by atoms with Crippen molar-refractivity contribution in [3.05, 3.63) is 41.8 Å². The van der Waals surface area contributed by atoms with E-state index in [0.717, 1.165) is 26.6 Å². The number of fused-ring (bicyclic) bond motifs is 3. The van der Waals surface area contributed by atoms with E-state index in [1.807, 2.05) is 30.1 Å². The summed E-state index contributed by atoms with van der Waals surface area (Å²) in [5.74, 6) is -0.279. The van der Waals surface area contributed by atoms with E-state index < -0.39 is 0 Å². The van der Waals surface area contributed by atoms with Gasteiger partial charge in [0.2, 0.25) is 0 Å². The molecule has 3 rings (SSSR count). The van der Waals surface area contributed by atoms with E-state index in [4.69, 9.17) is 0 Å². The van der Waals surface area contributed by atoms with Crippen LogP contribution in [0.2, 0.25) is 0 Å². The molecule has 0 atom stereocenters. The molecular formula is C15H11FN2S. The number of halogens is 1. The van der Waals surface area contributed by atoms with Crippen molar-refractivity contribution in [1.82, 2.24) is 4.57 Å². The van der Waals surface area contributed by atoms with Crippen LogP contribution in [0.15, 0.2) is 35.4 Å². The Balaban J connectivity index is 2.67. The van der Waals surface area contributed by atoms with Crippen LogP contribution in [0.1, 0.15) is 5.56 Å². The monoisotopic (exact) mass is 270 g/mol. The van der Waals surface area contributed by atoms with Crippen LogP contribution in [0.5, 0.6) is 0 Å². The zero-order valence-corrected chi connectivity index (χ0v) is 11.4. The van der Waals surface area contributed by atoms with Crippen LogP contribution in [-0.2, 0) is 7.05 Å². The third kappa shape index (κ3) is 1.62. The van der Waals surface area contributed by atoms with Gasteiger partial charge < -0.3 is 4.57 Å². The summed E-state index contributed by atoms with van der Waals surface area (Å²) in [6, 6.07) is 8.83. The van der Waals surface area contributed by atoms with Gasteiger partial charge in [-0.05, 0) is 29.8 Å². The van der Waals surface area contributed by atoms with Gasteiger partial charge in [0.1, 0.15) is 11.9 Å². The molecule has 0 saturated heterocycles. The van der Waals surface area contributed by atoms with E-state index in [9.17, 15) is 9.65 Å². The van der Waals surface area contributed by atoms with Gasteiger partial charge in [0, 0.05) is 28.9 Å². The van der Waals surface area contributed by atoms with Crippen molar-refractivity contribution < 1.29 is 4.39 Å². The molecule has 2 aromatic carbocycles. The second kappa shape index (κ2) is 4.29. The van der Waals surface area contributed by atoms with Crippen molar-refractivity contribution in [3.63, 3.8) is 0 Å². The fourth-order valence-electron chi connectivity index (χ4n) is 2.54. The van der Waals surface area contributed by atoms with Crippen molar-refractivity contribution >= 4 is 33.4 Å². The highest BCUT2D eigenvalue weighted by Crippen LogP contribution is 2.37. The Kier molecular flexibility index (Phi) is 2.72. The zero-order valence-electron chi connectivity index (χ0n) is 10.6. The van der Waals surface area contributed by atoms with Crippen LogP contribution < -0.4 is 0 Å². The average Bonchev–Trinajstić information content (AvgIpc) is 2.79. The van der Waals surface area contributed by atoms with E-state index in [2.05, 4.69) is 6.07 Å². The highest BCUT2D eigenvalue weighted by Gasteiger charge is 2.16. The highest BCUT2D eigenvalue weighted by atomic mass is 32.2. The molecule has 0 radical (unpaired) electrons. The Morgan fingerprint density at radius 2 is 2.00 bits per heavy atom. The number of rotatable bonds is 1. The quantitative estimate of drug-likeness (QED) is 0.624. The summed E-state index contributed by atoms with van der Waals surface area (Å²) in [5, 5.41) is 12.0. The fraction of sp³-hybridized carbons (Fsp3) is 0.133. The minimum Gasteiger partial charge on any atom is -0.350 e. The average molecular weight is 270 g/mol. The largest absolute Gasteiger partial charge is 0.350 e. The van der Waals surface area contributed by atoms with Gasteiger partial charge in [-0.15, -0.1) is 11.8 Å². The summed E-state index contributed by atoms with van der Waals surface area (Å²) in [4.78, 5) is 0.948. The Labute approximate surface area is 114 Å². The number of nitriles is 1. The third-order valence-corrected chi connectivity index (χ3v) is 4.18. The summed E-state index contributed by atoms with van der Waals surface area (Å²) in [6.45, 7) is 0. The molecule has 0 aliphatic heterocycles. The number of hydrogen-bond acceptors (Lipinski definition) is 2. The SMILES string of the molecule is CSc1c(C#N)c2ccc(F)cc2c2ccn(C)c12. The summed E-state index contributed by atoms with van der Waals surface area (Å²) in [7, 11) is 1.94. The molecule has 4 heteroatoms. The maximum absolute atomic E-state index is 13.5. The minimum atomic E-state index is -0.279. The van der Waals surface area contributed by atoms with Gasteiger partial charge in [-0.3, -0.25) is 0 Å². The molecule has 19 heavy (non-hydrogen) atoms. The van der Waals surface area contributed by atoms with E-state index in [1.165, 1.54) is 12.1 Å². The number of thioether (sulfide) groups is 1. The maximum Gasteiger partial charge on any atom is 0.123 e. The second-order valence-electron chi connectivity index (χ2n) is 4.40. The lowest BCUT2D eigenvalue weighted by atomic mass is 10.0. The molecule has 2 nitrogen and oxygen atoms in total. The Hall–Kier alpha value is -1.99. The smallest absolute Gasteiger partial charge is 0.123 e. The van der Waals surface area contributed by atoms with E-state index in [0.29, 0.717) is 5.56 Å². The summed E-state index contributed by atoms with van der Waals surface area (Å²) in [6.07, 6.45) is 3.90. The van der Waals surface area contributed by atoms with Crippen LogP contribution in [0.4, 0.5) is 4.39 Å². The second-order valence-corrected chi connectivity index (χ2v) is 5.22. The minimum absolute atomic E-state index is 0.279. The molecule has 94 valence electrons. The standard InChI is InChI=1S/C15H11FN2S/c1-18-6-5-11-12-7-9(16)3-4-10(12)13(8-17)15(19-2)14(11)18/h3-7H,1-2H3. The van der Waals surface area contributed by atoms with Gasteiger partial charge in [-0.2, -0.15) is 5.26 Å². The van der Waals surface area contributed by atoms with Crippen LogP contribution in [0.3, 0.4) is 0 Å². The van der Waals surface area contributed by atoms with Crippen LogP contribution >= 0.6 is 11.8 Å². The number of aromatic nitrogens is 1. The van der Waals surface area contributed by atoms with Gasteiger partial charge in [-0.1, -0.05) is 6.07 Å². The lowest BCUT2D eigenvalue weighted by Crippen LogP contribution is -1.93. The highest BCUT2D eigenvalue weighted by molar-refractivity contribution is 7.98. The van der Waals surface area contributed by atoms with Gasteiger partial charge in [0.25, 0.3) is 0 Å². The first-order valence-electron chi connectivity index (χ1n) is 5.81. The zero-order chi connectivity index (χ0) is 13.6. The van der Waals surface area contributed by atoms with Crippen molar-refractivity contribution in [2.24, 2.45) is 7.05 Å². The number of hydrogen-bond donors (Lipinski definition) is 0. The molecule has 0 fully saturated rings. The summed E-state index contributed by atoms with van der Waals surface area (Å²) in [5.41, 5.74) is 1.61. The molecule has 1 heterocycles. The molecule has 0 saturated carbocycles. The van der Waals surface area contributed by atoms with Crippen LogP contribution in [-0.4, -0.2) is 10.8 Å². The fourth-order valence-corrected chi connectivity index (χ4v) is 3.34. The topological polar surface area (TPSA) is 28.7 Å². The number of benzene rings is 2. The Morgan fingerprint density at radius 3 is 2.68 bits per heavy atom. The Bertz CT molecular complexity index is 843. The first kappa shape index (κ1) is 12.1. The molecule has 0 unspecified atom stereocenters. The lowest BCUT2D eigenvalue weighted by molar-refractivity contribution is 0.630. The van der Waals surface area contributed by atoms with Crippen molar-refractivity contribution in [3.8, 4) is 6.07 Å². The molecule has 0 N–H and O–H groups in total. The molecule has 0 amide bonds. The van der Waals surface area contributed by atoms with Crippen molar-refractivity contribution in [1.29, 1.82) is 5.26 Å². The molecule has 3 aromatic rings. The molecule has 0 spiro atoms. The lowest BCUT2D eigenvalue weighted by Gasteiger charge is -2.10. The van der Waals surface area contributed by atoms with Gasteiger partial charge in [0.05, 0.1) is 11.1 Å². The van der Waals surface area contributed by atoms with Gasteiger partial charge in [0.15, 0.2) is 0 Å². The third-order valence-electron chi connectivity index (χ3n) is 3.37. The van der Waals surface area contributed by atoms with E-state index in [1.54, 1.807) is 17.8 Å². The predicted molar refractivity (Wildman–Crippen MR) is 76.9 cm³/mol. The van der Waals surface area contributed by atoms with E-state index >= 15 is 0 Å². The van der Waals surface area contributed by atoms with Crippen molar-refractivity contribution in [2.45, 2.75) is 4.90 Å². The van der Waals surface area contributed by atoms with Crippen molar-refractivity contribution in [2.75, 3.05) is 6.26 Å². The normalized spacial score (nSPS) is 11.1. The van der Waals surface area contributed by atoms with Gasteiger partial charge in [-0.25, -0.2) is 4.39 Å². The number of aryl methyl sites for hydroxylation is 1. The van der Waals surface area contributed by atoms with Crippen LogP contribution in [0.25, 0.3) is 21.7 Å². The molecule has 0 aliphatic carbocycles. The first-order valence-corrected chi connectivity index (χ1v) is 7.04. The summed E-state index contributed by atoms with van der Waals surface area (Å²) < 4.78 is 15.5. The molecule has 0 aliphatic rings.